The quantitative estimate of drug-likeness (QED) is 0.173. The van der Waals surface area contributed by atoms with E-state index in [1.807, 2.05) is 36.4 Å². The van der Waals surface area contributed by atoms with Crippen LogP contribution in [0, 0.1) is 0 Å². The SMILES string of the molecule is COc1ccc(C2(c3ccc(OC)cc3)C=Cc3c4c(c5ccccc5c3O2)-c2ccc(-c3ccc(OC)cc3OC)cc2C4(C)C)cc1. The Morgan fingerprint density at radius 2 is 1.16 bits per heavy atom. The van der Waals surface area contributed by atoms with Crippen molar-refractivity contribution in [2.24, 2.45) is 0 Å². The number of hydrogen-bond acceptors (Lipinski definition) is 5. The first-order valence-electron chi connectivity index (χ1n) is 16.5. The maximum Gasteiger partial charge on any atom is 0.178 e. The third kappa shape index (κ3) is 4.60. The zero-order valence-corrected chi connectivity index (χ0v) is 28.6. The molecule has 2 aliphatic rings. The summed E-state index contributed by atoms with van der Waals surface area (Å²) in [4.78, 5) is 0. The van der Waals surface area contributed by atoms with Crippen LogP contribution in [0.3, 0.4) is 0 Å². The van der Waals surface area contributed by atoms with E-state index in [0.29, 0.717) is 0 Å². The number of benzene rings is 6. The minimum Gasteiger partial charge on any atom is -0.497 e. The maximum absolute atomic E-state index is 7.42. The van der Waals surface area contributed by atoms with Gasteiger partial charge in [0.1, 0.15) is 28.7 Å². The van der Waals surface area contributed by atoms with Crippen LogP contribution in [0.4, 0.5) is 0 Å². The highest BCUT2D eigenvalue weighted by Crippen LogP contribution is 2.58. The first-order chi connectivity index (χ1) is 23.8. The molecule has 0 aromatic heterocycles. The van der Waals surface area contributed by atoms with Gasteiger partial charge in [0.25, 0.3) is 0 Å². The molecule has 244 valence electrons. The van der Waals surface area contributed by atoms with Crippen LogP contribution in [0.25, 0.3) is 39.1 Å². The van der Waals surface area contributed by atoms with Gasteiger partial charge < -0.3 is 23.7 Å². The van der Waals surface area contributed by atoms with Gasteiger partial charge in [-0.3, -0.25) is 0 Å². The van der Waals surface area contributed by atoms with Gasteiger partial charge in [0.15, 0.2) is 5.60 Å². The first kappa shape index (κ1) is 30.6. The molecule has 1 aliphatic heterocycles. The normalized spacial score (nSPS) is 14.7. The molecule has 0 bridgehead atoms. The smallest absolute Gasteiger partial charge is 0.178 e. The molecule has 0 fully saturated rings. The van der Waals surface area contributed by atoms with Crippen molar-refractivity contribution in [1.29, 1.82) is 0 Å². The third-order valence-corrected chi connectivity index (χ3v) is 10.3. The fourth-order valence-electron chi connectivity index (χ4n) is 7.79. The standard InChI is InChI=1S/C44H38O5/c1-43(2)38-25-27(33-22-20-32(47-5)26-39(33)48-6)11-21-36(38)40-34-9-7-8-10-35(34)42-37(41(40)43)23-24-44(49-42,28-12-16-30(45-3)17-13-28)29-14-18-31(46-4)19-15-29/h7-26H,1-6H3. The van der Waals surface area contributed by atoms with Crippen molar-refractivity contribution in [3.05, 3.63) is 143 Å². The van der Waals surface area contributed by atoms with Crippen molar-refractivity contribution in [2.75, 3.05) is 28.4 Å². The van der Waals surface area contributed by atoms with Crippen molar-refractivity contribution in [2.45, 2.75) is 24.9 Å². The summed E-state index contributed by atoms with van der Waals surface area (Å²) in [6, 6.07) is 37.7. The number of hydrogen-bond donors (Lipinski definition) is 0. The third-order valence-electron chi connectivity index (χ3n) is 10.3. The van der Waals surface area contributed by atoms with Gasteiger partial charge in [-0.2, -0.15) is 0 Å². The van der Waals surface area contributed by atoms with Gasteiger partial charge in [0.2, 0.25) is 0 Å². The molecule has 1 aliphatic carbocycles. The molecule has 0 spiro atoms. The highest BCUT2D eigenvalue weighted by Gasteiger charge is 2.44. The lowest BCUT2D eigenvalue weighted by Gasteiger charge is -2.38. The molecular weight excluding hydrogens is 608 g/mol. The fourth-order valence-corrected chi connectivity index (χ4v) is 7.79. The van der Waals surface area contributed by atoms with Gasteiger partial charge in [-0.25, -0.2) is 0 Å². The second-order valence-corrected chi connectivity index (χ2v) is 13.1. The molecule has 8 rings (SSSR count). The van der Waals surface area contributed by atoms with Crippen molar-refractivity contribution in [1.82, 2.24) is 0 Å². The lowest BCUT2D eigenvalue weighted by molar-refractivity contribution is 0.163. The van der Waals surface area contributed by atoms with Crippen LogP contribution in [0.2, 0.25) is 0 Å². The van der Waals surface area contributed by atoms with Crippen LogP contribution in [-0.4, -0.2) is 28.4 Å². The van der Waals surface area contributed by atoms with Crippen LogP contribution in [0.5, 0.6) is 28.7 Å². The Hall–Kier alpha value is -5.68. The van der Waals surface area contributed by atoms with Crippen molar-refractivity contribution < 1.29 is 23.7 Å². The number of fused-ring (bicyclic) bond motifs is 8. The minimum atomic E-state index is -0.879. The molecule has 6 aromatic rings. The zero-order chi connectivity index (χ0) is 33.9. The Morgan fingerprint density at radius 3 is 1.78 bits per heavy atom. The van der Waals surface area contributed by atoms with Crippen LogP contribution in [-0.2, 0) is 11.0 Å². The Kier molecular flexibility index (Phi) is 7.18. The van der Waals surface area contributed by atoms with Gasteiger partial charge in [0.05, 0.1) is 28.4 Å². The Bertz CT molecular complexity index is 2210. The molecule has 0 saturated heterocycles. The average Bonchev–Trinajstić information content (AvgIpc) is 3.40. The van der Waals surface area contributed by atoms with E-state index in [-0.39, 0.29) is 5.41 Å². The van der Waals surface area contributed by atoms with Gasteiger partial charge >= 0.3 is 0 Å². The molecule has 1 heterocycles. The van der Waals surface area contributed by atoms with E-state index >= 15 is 0 Å². The lowest BCUT2D eigenvalue weighted by Crippen LogP contribution is -2.35. The molecule has 0 radical (unpaired) electrons. The van der Waals surface area contributed by atoms with E-state index in [4.69, 9.17) is 23.7 Å². The molecule has 5 heteroatoms. The second kappa shape index (κ2) is 11.5. The van der Waals surface area contributed by atoms with Crippen LogP contribution in [0.15, 0.2) is 115 Å². The first-order valence-corrected chi connectivity index (χ1v) is 16.5. The van der Waals surface area contributed by atoms with Gasteiger partial charge in [-0.15, -0.1) is 0 Å². The molecular formula is C44H38O5. The largest absolute Gasteiger partial charge is 0.497 e. The van der Waals surface area contributed by atoms with Gasteiger partial charge in [0, 0.05) is 39.1 Å². The maximum atomic E-state index is 7.42. The Balaban J connectivity index is 1.34. The Morgan fingerprint density at radius 1 is 0.571 bits per heavy atom. The molecule has 0 unspecified atom stereocenters. The van der Waals surface area contributed by atoms with E-state index < -0.39 is 5.60 Å². The molecule has 0 amide bonds. The predicted octanol–water partition coefficient (Wildman–Crippen LogP) is 10.2. The van der Waals surface area contributed by atoms with Gasteiger partial charge in [-0.05, 0) is 81.7 Å². The second-order valence-electron chi connectivity index (χ2n) is 13.1. The summed E-state index contributed by atoms with van der Waals surface area (Å²) in [6.45, 7) is 4.65. The van der Waals surface area contributed by atoms with Crippen molar-refractivity contribution in [3.8, 4) is 51.0 Å². The summed E-state index contributed by atoms with van der Waals surface area (Å²) >= 11 is 0. The highest BCUT2D eigenvalue weighted by atomic mass is 16.5. The average molecular weight is 647 g/mol. The summed E-state index contributed by atoms with van der Waals surface area (Å²) in [7, 11) is 6.74. The summed E-state index contributed by atoms with van der Waals surface area (Å²) < 4.78 is 29.7. The number of methoxy groups -OCH3 is 4. The molecule has 0 atom stereocenters. The summed E-state index contributed by atoms with van der Waals surface area (Å²) in [6.07, 6.45) is 4.49. The van der Waals surface area contributed by atoms with E-state index in [2.05, 4.69) is 98.8 Å². The van der Waals surface area contributed by atoms with Gasteiger partial charge in [-0.1, -0.05) is 80.6 Å². The van der Waals surface area contributed by atoms with Crippen molar-refractivity contribution in [3.63, 3.8) is 0 Å². The molecule has 0 N–H and O–H groups in total. The molecule has 49 heavy (non-hydrogen) atoms. The molecule has 0 saturated carbocycles. The van der Waals surface area contributed by atoms with Crippen molar-refractivity contribution >= 4 is 16.8 Å². The van der Waals surface area contributed by atoms with E-state index in [0.717, 1.165) is 62.0 Å². The molecule has 5 nitrogen and oxygen atoms in total. The van der Waals surface area contributed by atoms with Crippen LogP contribution in [0.1, 0.15) is 41.7 Å². The van der Waals surface area contributed by atoms with Crippen LogP contribution < -0.4 is 23.7 Å². The number of rotatable bonds is 7. The summed E-state index contributed by atoms with van der Waals surface area (Å²) in [5, 5.41) is 2.25. The predicted molar refractivity (Wildman–Crippen MR) is 196 cm³/mol. The van der Waals surface area contributed by atoms with E-state index in [1.54, 1.807) is 28.4 Å². The Labute approximate surface area is 287 Å². The minimum absolute atomic E-state index is 0.317. The monoisotopic (exact) mass is 646 g/mol. The highest BCUT2D eigenvalue weighted by molar-refractivity contribution is 6.08. The van der Waals surface area contributed by atoms with E-state index in [1.165, 1.54) is 27.6 Å². The zero-order valence-electron chi connectivity index (χ0n) is 28.6. The molecule has 6 aromatic carbocycles. The summed E-state index contributed by atoms with van der Waals surface area (Å²) in [5.41, 5.74) is 9.09. The van der Waals surface area contributed by atoms with Crippen LogP contribution >= 0.6 is 0 Å². The lowest BCUT2D eigenvalue weighted by atomic mass is 9.76. The summed E-state index contributed by atoms with van der Waals surface area (Å²) in [5.74, 6) is 4.01. The fraction of sp³-hybridized carbons (Fsp3) is 0.182. The number of ether oxygens (including phenoxy) is 5. The topological polar surface area (TPSA) is 46.2 Å². The van der Waals surface area contributed by atoms with E-state index in [9.17, 15) is 0 Å².